The van der Waals surface area contributed by atoms with Crippen LogP contribution in [0.2, 0.25) is 0 Å². The van der Waals surface area contributed by atoms with Crippen LogP contribution in [0.5, 0.6) is 0 Å². The van der Waals surface area contributed by atoms with Gasteiger partial charge in [0, 0.05) is 5.56 Å². The molecule has 144 valence electrons. The third kappa shape index (κ3) is 3.17. The summed E-state index contributed by atoms with van der Waals surface area (Å²) < 4.78 is 0. The highest BCUT2D eigenvalue weighted by Gasteiger charge is 2.42. The maximum atomic E-state index is 4.03. The van der Waals surface area contributed by atoms with Gasteiger partial charge in [-0.15, -0.1) is 10.2 Å². The normalized spacial score (nSPS) is 17.6. The monoisotopic (exact) mass is 372 g/mol. The Bertz CT molecular complexity index is 1040. The molecule has 0 bridgehead atoms. The summed E-state index contributed by atoms with van der Waals surface area (Å²) in [6.07, 6.45) is 3.44. The van der Waals surface area contributed by atoms with E-state index in [1.54, 1.807) is 0 Å². The largest absolute Gasteiger partial charge is 0.204 e. The molecule has 0 saturated heterocycles. The highest BCUT2D eigenvalue weighted by atomic mass is 15.5. The van der Waals surface area contributed by atoms with Gasteiger partial charge in [-0.05, 0) is 69.7 Å². The molecule has 0 radical (unpaired) electrons. The van der Waals surface area contributed by atoms with E-state index in [-0.39, 0.29) is 10.8 Å². The van der Waals surface area contributed by atoms with Crippen LogP contribution in [-0.4, -0.2) is 20.6 Å². The third-order valence-corrected chi connectivity index (χ3v) is 6.03. The summed E-state index contributed by atoms with van der Waals surface area (Å²) in [5.74, 6) is 0.617. The fraction of sp³-hybridized carbons (Fsp3) is 0.375. The lowest BCUT2D eigenvalue weighted by Gasteiger charge is -2.22. The van der Waals surface area contributed by atoms with Crippen molar-refractivity contribution in [1.29, 1.82) is 0 Å². The van der Waals surface area contributed by atoms with Crippen LogP contribution < -0.4 is 0 Å². The van der Waals surface area contributed by atoms with Crippen molar-refractivity contribution in [3.8, 4) is 11.4 Å². The predicted molar refractivity (Wildman–Crippen MR) is 115 cm³/mol. The van der Waals surface area contributed by atoms with Gasteiger partial charge in [0.1, 0.15) is 0 Å². The predicted octanol–water partition coefficient (Wildman–Crippen LogP) is 5.69. The lowest BCUT2D eigenvalue weighted by molar-refractivity contribution is 0.403. The highest BCUT2D eigenvalue weighted by molar-refractivity contribution is 5.82. The Hall–Kier alpha value is -2.75. The number of aromatic nitrogens is 4. The van der Waals surface area contributed by atoms with Gasteiger partial charge >= 0.3 is 0 Å². The van der Waals surface area contributed by atoms with E-state index in [2.05, 4.69) is 92.5 Å². The minimum absolute atomic E-state index is 0.216. The van der Waals surface area contributed by atoms with E-state index in [0.29, 0.717) is 5.82 Å². The first kappa shape index (κ1) is 18.6. The number of tetrazole rings is 1. The number of aromatic amines is 1. The zero-order valence-electron chi connectivity index (χ0n) is 17.6. The lowest BCUT2D eigenvalue weighted by Crippen LogP contribution is -2.17. The number of fused-ring (bicyclic) bond motifs is 1. The quantitative estimate of drug-likeness (QED) is 0.601. The van der Waals surface area contributed by atoms with Crippen molar-refractivity contribution in [2.75, 3.05) is 0 Å². The van der Waals surface area contributed by atoms with Crippen LogP contribution in [0.15, 0.2) is 36.4 Å². The zero-order chi connectivity index (χ0) is 20.1. The second kappa shape index (κ2) is 6.40. The Morgan fingerprint density at radius 2 is 1.64 bits per heavy atom. The Balaban J connectivity index is 1.70. The molecule has 0 unspecified atom stereocenters. The second-order valence-electron chi connectivity index (χ2n) is 9.34. The number of nitrogens with zero attached hydrogens (tertiary/aromatic N) is 3. The lowest BCUT2D eigenvalue weighted by atomic mass is 9.82. The van der Waals surface area contributed by atoms with Crippen LogP contribution >= 0.6 is 0 Å². The minimum Gasteiger partial charge on any atom is -0.177 e. The van der Waals surface area contributed by atoms with E-state index in [9.17, 15) is 0 Å². The first-order valence-electron chi connectivity index (χ1n) is 9.85. The fourth-order valence-corrected chi connectivity index (χ4v) is 4.89. The maximum absolute atomic E-state index is 4.03. The molecule has 4 nitrogen and oxygen atoms in total. The SMILES string of the molecule is C/C(=C\c1ccc(-c2nn[nH]n2)cc1)c1cc2c(cc1C)C(C)(C)CC2(C)C. The maximum Gasteiger partial charge on any atom is 0.204 e. The van der Waals surface area contributed by atoms with E-state index < -0.39 is 0 Å². The third-order valence-electron chi connectivity index (χ3n) is 6.03. The van der Waals surface area contributed by atoms with E-state index in [4.69, 9.17) is 0 Å². The first-order chi connectivity index (χ1) is 13.2. The number of hydrogen-bond donors (Lipinski definition) is 1. The molecule has 0 aliphatic heterocycles. The second-order valence-corrected chi connectivity index (χ2v) is 9.34. The molecule has 1 heterocycles. The van der Waals surface area contributed by atoms with Gasteiger partial charge in [0.15, 0.2) is 0 Å². The number of rotatable bonds is 3. The molecule has 0 atom stereocenters. The molecule has 3 aromatic rings. The number of aryl methyl sites for hydroxylation is 1. The number of H-pyrrole nitrogens is 1. The average molecular weight is 373 g/mol. The molecule has 1 N–H and O–H groups in total. The zero-order valence-corrected chi connectivity index (χ0v) is 17.6. The molecule has 0 amide bonds. The van der Waals surface area contributed by atoms with E-state index in [0.717, 1.165) is 5.56 Å². The van der Waals surface area contributed by atoms with Crippen molar-refractivity contribution in [3.63, 3.8) is 0 Å². The summed E-state index contributed by atoms with van der Waals surface area (Å²) in [6, 6.07) is 13.1. The Kier molecular flexibility index (Phi) is 4.25. The van der Waals surface area contributed by atoms with Gasteiger partial charge in [-0.2, -0.15) is 5.21 Å². The summed E-state index contributed by atoms with van der Waals surface area (Å²) in [5, 5.41) is 14.2. The van der Waals surface area contributed by atoms with Gasteiger partial charge in [-0.3, -0.25) is 0 Å². The highest BCUT2D eigenvalue weighted by Crippen LogP contribution is 2.50. The van der Waals surface area contributed by atoms with Crippen molar-refractivity contribution in [3.05, 3.63) is 64.2 Å². The van der Waals surface area contributed by atoms with Gasteiger partial charge in [0.25, 0.3) is 0 Å². The van der Waals surface area contributed by atoms with Gasteiger partial charge < -0.3 is 0 Å². The molecule has 4 rings (SSSR count). The number of benzene rings is 2. The molecule has 1 aliphatic carbocycles. The van der Waals surface area contributed by atoms with Crippen molar-refractivity contribution in [2.45, 2.75) is 58.8 Å². The van der Waals surface area contributed by atoms with Gasteiger partial charge in [0.2, 0.25) is 5.82 Å². The molecular weight excluding hydrogens is 344 g/mol. The van der Waals surface area contributed by atoms with E-state index in [1.807, 2.05) is 12.1 Å². The molecule has 0 spiro atoms. The summed E-state index contributed by atoms with van der Waals surface area (Å²) in [6.45, 7) is 13.9. The summed E-state index contributed by atoms with van der Waals surface area (Å²) in [5.41, 5.74) is 9.57. The van der Waals surface area contributed by atoms with Crippen molar-refractivity contribution in [2.24, 2.45) is 0 Å². The average Bonchev–Trinajstić information content (AvgIpc) is 3.20. The minimum atomic E-state index is 0.216. The molecule has 0 saturated carbocycles. The topological polar surface area (TPSA) is 54.5 Å². The summed E-state index contributed by atoms with van der Waals surface area (Å²) >= 11 is 0. The standard InChI is InChI=1S/C24H28N4/c1-15(11-17-7-9-18(10-8-17)22-25-27-28-26-22)19-13-21-20(12-16(19)2)23(3,4)14-24(21,5)6/h7-13H,14H2,1-6H3,(H,25,26,27,28)/b15-11+. The summed E-state index contributed by atoms with van der Waals surface area (Å²) in [7, 11) is 0. The molecule has 4 heteroatoms. The first-order valence-corrected chi connectivity index (χ1v) is 9.85. The van der Waals surface area contributed by atoms with Crippen molar-refractivity contribution < 1.29 is 0 Å². The molecular formula is C24H28N4. The molecule has 2 aromatic carbocycles. The number of hydrogen-bond acceptors (Lipinski definition) is 3. The smallest absolute Gasteiger partial charge is 0.177 e. The van der Waals surface area contributed by atoms with Crippen LogP contribution in [0.1, 0.15) is 68.9 Å². The van der Waals surface area contributed by atoms with Crippen LogP contribution in [-0.2, 0) is 10.8 Å². The van der Waals surface area contributed by atoms with E-state index in [1.165, 1.54) is 39.8 Å². The number of allylic oxidation sites excluding steroid dienone is 1. The van der Waals surface area contributed by atoms with Gasteiger partial charge in [-0.1, -0.05) is 70.2 Å². The molecule has 1 aromatic heterocycles. The van der Waals surface area contributed by atoms with Crippen LogP contribution in [0, 0.1) is 6.92 Å². The Morgan fingerprint density at radius 1 is 1.00 bits per heavy atom. The van der Waals surface area contributed by atoms with Crippen LogP contribution in [0.25, 0.3) is 23.0 Å². The summed E-state index contributed by atoms with van der Waals surface area (Å²) in [4.78, 5) is 0. The van der Waals surface area contributed by atoms with E-state index >= 15 is 0 Å². The van der Waals surface area contributed by atoms with Crippen LogP contribution in [0.4, 0.5) is 0 Å². The van der Waals surface area contributed by atoms with Crippen molar-refractivity contribution in [1.82, 2.24) is 20.6 Å². The number of nitrogens with one attached hydrogen (secondary N) is 1. The Morgan fingerprint density at radius 3 is 2.25 bits per heavy atom. The van der Waals surface area contributed by atoms with Gasteiger partial charge in [-0.25, -0.2) is 0 Å². The van der Waals surface area contributed by atoms with Gasteiger partial charge in [0.05, 0.1) is 0 Å². The molecule has 0 fully saturated rings. The van der Waals surface area contributed by atoms with Crippen LogP contribution in [0.3, 0.4) is 0 Å². The van der Waals surface area contributed by atoms with Crippen molar-refractivity contribution >= 4 is 11.6 Å². The Labute approximate surface area is 167 Å². The molecule has 28 heavy (non-hydrogen) atoms. The fourth-order valence-electron chi connectivity index (χ4n) is 4.89. The molecule has 1 aliphatic rings.